The van der Waals surface area contributed by atoms with Crippen LogP contribution in [0.15, 0.2) is 23.2 Å². The monoisotopic (exact) mass is 412 g/mol. The molecule has 0 saturated carbocycles. The number of nitriles is 2. The van der Waals surface area contributed by atoms with Gasteiger partial charge >= 0.3 is 5.97 Å². The van der Waals surface area contributed by atoms with E-state index < -0.39 is 11.2 Å². The number of nitrogens with two attached hydrogens (primary N) is 1. The van der Waals surface area contributed by atoms with Crippen molar-refractivity contribution in [1.29, 1.82) is 10.5 Å². The zero-order chi connectivity index (χ0) is 21.6. The van der Waals surface area contributed by atoms with Crippen molar-refractivity contribution in [3.05, 3.63) is 29.3 Å². The second-order valence-corrected chi connectivity index (χ2v) is 7.06. The van der Waals surface area contributed by atoms with Crippen LogP contribution in [-0.4, -0.2) is 37.0 Å². The van der Waals surface area contributed by atoms with Crippen LogP contribution in [0.1, 0.15) is 25.0 Å². The number of thioether (sulfide) groups is 1. The van der Waals surface area contributed by atoms with Gasteiger partial charge in [-0.2, -0.15) is 10.5 Å². The predicted molar refractivity (Wildman–Crippen MR) is 109 cm³/mol. The maximum atomic E-state index is 12.0. The van der Waals surface area contributed by atoms with Crippen molar-refractivity contribution in [2.45, 2.75) is 24.1 Å². The van der Waals surface area contributed by atoms with Gasteiger partial charge in [0.1, 0.15) is 33.8 Å². The van der Waals surface area contributed by atoms with Crippen molar-refractivity contribution >= 4 is 23.5 Å². The van der Waals surface area contributed by atoms with Crippen molar-refractivity contribution < 1.29 is 19.0 Å². The van der Waals surface area contributed by atoms with E-state index in [2.05, 4.69) is 11.1 Å². The zero-order valence-electron chi connectivity index (χ0n) is 16.5. The fourth-order valence-electron chi connectivity index (χ4n) is 2.64. The number of carbonyl (C=O) groups excluding carboxylic acids is 1. The lowest BCUT2D eigenvalue weighted by Crippen LogP contribution is -2.17. The molecular formula is C20H20N4O4S. The van der Waals surface area contributed by atoms with Gasteiger partial charge in [0.2, 0.25) is 0 Å². The second kappa shape index (κ2) is 9.67. The average Bonchev–Trinajstić information content (AvgIpc) is 2.72. The molecule has 29 heavy (non-hydrogen) atoms. The summed E-state index contributed by atoms with van der Waals surface area (Å²) >= 11 is 1.05. The van der Waals surface area contributed by atoms with Crippen LogP contribution >= 0.6 is 11.8 Å². The van der Waals surface area contributed by atoms with Crippen LogP contribution in [0, 0.1) is 22.7 Å². The maximum Gasteiger partial charge on any atom is 0.319 e. The quantitative estimate of drug-likeness (QED) is 0.538. The Morgan fingerprint density at radius 1 is 1.21 bits per heavy atom. The number of anilines is 1. The van der Waals surface area contributed by atoms with E-state index in [0.29, 0.717) is 22.6 Å². The summed E-state index contributed by atoms with van der Waals surface area (Å²) in [7, 11) is 3.00. The summed E-state index contributed by atoms with van der Waals surface area (Å²) in [4.78, 5) is 16.2. The Morgan fingerprint density at radius 3 is 2.41 bits per heavy atom. The summed E-state index contributed by atoms with van der Waals surface area (Å²) in [5, 5.41) is 19.1. The number of ether oxygens (including phenoxy) is 3. The fraction of sp³-hybridized carbons (Fsp3) is 0.300. The van der Waals surface area contributed by atoms with E-state index in [1.54, 1.807) is 32.0 Å². The van der Waals surface area contributed by atoms with Gasteiger partial charge in [0.15, 0.2) is 11.5 Å². The number of benzene rings is 1. The van der Waals surface area contributed by atoms with E-state index in [1.807, 2.05) is 6.07 Å². The molecule has 150 valence electrons. The third-order valence-corrected chi connectivity index (χ3v) is 5.06. The first-order chi connectivity index (χ1) is 13.9. The molecule has 1 aromatic carbocycles. The molecule has 0 bridgehead atoms. The van der Waals surface area contributed by atoms with Crippen molar-refractivity contribution in [1.82, 2.24) is 4.98 Å². The SMILES string of the molecule is CCOC(=O)C(C)Sc1nc(N)c(C#N)c(-c2ccc(OC)c(OC)c2)c1C#N. The van der Waals surface area contributed by atoms with Crippen molar-refractivity contribution in [2.24, 2.45) is 0 Å². The Kier molecular flexibility index (Phi) is 7.29. The molecule has 9 heteroatoms. The molecule has 2 N–H and O–H groups in total. The Hall–Kier alpha value is -3.43. The van der Waals surface area contributed by atoms with Gasteiger partial charge in [0.05, 0.1) is 26.4 Å². The second-order valence-electron chi connectivity index (χ2n) is 5.73. The standard InChI is InChI=1S/C20H20N4O4S/c1-5-28-20(25)11(2)29-19-14(10-22)17(13(9-21)18(23)24-19)12-6-7-15(26-3)16(8-12)27-4/h6-8,11H,5H2,1-4H3,(H2,23,24). The predicted octanol–water partition coefficient (Wildman–Crippen LogP) is 3.14. The summed E-state index contributed by atoms with van der Waals surface area (Å²) < 4.78 is 15.6. The normalized spacial score (nSPS) is 11.1. The van der Waals surface area contributed by atoms with Gasteiger partial charge in [0, 0.05) is 5.56 Å². The summed E-state index contributed by atoms with van der Waals surface area (Å²) in [5.74, 6) is 0.469. The summed E-state index contributed by atoms with van der Waals surface area (Å²) in [6.07, 6.45) is 0. The minimum Gasteiger partial charge on any atom is -0.493 e. The molecule has 0 radical (unpaired) electrons. The van der Waals surface area contributed by atoms with E-state index in [4.69, 9.17) is 19.9 Å². The highest BCUT2D eigenvalue weighted by Gasteiger charge is 2.25. The average molecular weight is 412 g/mol. The molecule has 0 spiro atoms. The van der Waals surface area contributed by atoms with Gasteiger partial charge < -0.3 is 19.9 Å². The highest BCUT2D eigenvalue weighted by atomic mass is 32.2. The van der Waals surface area contributed by atoms with Crippen LogP contribution in [0.25, 0.3) is 11.1 Å². The topological polar surface area (TPSA) is 131 Å². The van der Waals surface area contributed by atoms with Gasteiger partial charge in [-0.1, -0.05) is 17.8 Å². The maximum absolute atomic E-state index is 12.0. The Morgan fingerprint density at radius 2 is 1.86 bits per heavy atom. The molecule has 8 nitrogen and oxygen atoms in total. The fourth-order valence-corrected chi connectivity index (χ4v) is 3.55. The van der Waals surface area contributed by atoms with Crippen LogP contribution < -0.4 is 15.2 Å². The van der Waals surface area contributed by atoms with E-state index in [9.17, 15) is 15.3 Å². The molecule has 0 amide bonds. The first kappa shape index (κ1) is 21.9. The molecule has 0 aliphatic heterocycles. The summed E-state index contributed by atoms with van der Waals surface area (Å²) in [6, 6.07) is 9.12. The number of hydrogen-bond acceptors (Lipinski definition) is 9. The van der Waals surface area contributed by atoms with Crippen molar-refractivity contribution in [2.75, 3.05) is 26.6 Å². The number of pyridine rings is 1. The van der Waals surface area contributed by atoms with Gasteiger partial charge in [-0.3, -0.25) is 4.79 Å². The highest BCUT2D eigenvalue weighted by Crippen LogP contribution is 2.40. The van der Waals surface area contributed by atoms with Crippen molar-refractivity contribution in [3.63, 3.8) is 0 Å². The molecule has 1 atom stereocenters. The number of aromatic nitrogens is 1. The Balaban J connectivity index is 2.69. The van der Waals surface area contributed by atoms with Gasteiger partial charge in [-0.15, -0.1) is 0 Å². The van der Waals surface area contributed by atoms with Crippen LogP contribution in [0.3, 0.4) is 0 Å². The number of carbonyl (C=O) groups is 1. The molecule has 0 aliphatic rings. The Labute approximate surface area is 173 Å². The Bertz CT molecular complexity index is 1010. The molecule has 1 unspecified atom stereocenters. The molecule has 0 saturated heterocycles. The van der Waals surface area contributed by atoms with Gasteiger partial charge in [-0.05, 0) is 31.5 Å². The molecular weight excluding hydrogens is 392 g/mol. The summed E-state index contributed by atoms with van der Waals surface area (Å²) in [5.41, 5.74) is 7.08. The van der Waals surface area contributed by atoms with E-state index >= 15 is 0 Å². The lowest BCUT2D eigenvalue weighted by molar-refractivity contribution is -0.142. The smallest absolute Gasteiger partial charge is 0.319 e. The number of hydrogen-bond donors (Lipinski definition) is 1. The zero-order valence-corrected chi connectivity index (χ0v) is 17.3. The number of nitrogen functional groups attached to an aromatic ring is 1. The third-order valence-electron chi connectivity index (χ3n) is 3.99. The minimum atomic E-state index is -0.611. The number of nitrogens with zero attached hydrogens (tertiary/aromatic N) is 3. The van der Waals surface area contributed by atoms with Gasteiger partial charge in [0.25, 0.3) is 0 Å². The summed E-state index contributed by atoms with van der Waals surface area (Å²) in [6.45, 7) is 3.60. The molecule has 2 rings (SSSR count). The minimum absolute atomic E-state index is 0.0326. The van der Waals surface area contributed by atoms with Crippen LogP contribution in [0.2, 0.25) is 0 Å². The molecule has 1 aromatic heterocycles. The molecule has 1 heterocycles. The number of methoxy groups -OCH3 is 2. The molecule has 2 aromatic rings. The van der Waals surface area contributed by atoms with Crippen LogP contribution in [0.5, 0.6) is 11.5 Å². The first-order valence-corrected chi connectivity index (χ1v) is 9.49. The molecule has 0 fully saturated rings. The lowest BCUT2D eigenvalue weighted by atomic mass is 9.96. The lowest BCUT2D eigenvalue weighted by Gasteiger charge is -2.16. The number of rotatable bonds is 7. The van der Waals surface area contributed by atoms with E-state index in [1.165, 1.54) is 14.2 Å². The van der Waals surface area contributed by atoms with E-state index in [0.717, 1.165) is 11.8 Å². The largest absolute Gasteiger partial charge is 0.493 e. The van der Waals surface area contributed by atoms with E-state index in [-0.39, 0.29) is 28.6 Å². The van der Waals surface area contributed by atoms with Crippen LogP contribution in [0.4, 0.5) is 5.82 Å². The van der Waals surface area contributed by atoms with Gasteiger partial charge in [-0.25, -0.2) is 4.98 Å². The van der Waals surface area contributed by atoms with Crippen molar-refractivity contribution in [3.8, 4) is 34.8 Å². The van der Waals surface area contributed by atoms with Crippen LogP contribution in [-0.2, 0) is 9.53 Å². The first-order valence-electron chi connectivity index (χ1n) is 8.61. The molecule has 0 aliphatic carbocycles. The third kappa shape index (κ3) is 4.53. The number of esters is 1. The highest BCUT2D eigenvalue weighted by molar-refractivity contribution is 8.00.